The van der Waals surface area contributed by atoms with Gasteiger partial charge in [-0.2, -0.15) is 0 Å². The summed E-state index contributed by atoms with van der Waals surface area (Å²) < 4.78 is 0. The van der Waals surface area contributed by atoms with Crippen LogP contribution in [0.15, 0.2) is 40.5 Å². The van der Waals surface area contributed by atoms with Crippen molar-refractivity contribution in [1.29, 1.82) is 0 Å². The van der Waals surface area contributed by atoms with E-state index in [-0.39, 0.29) is 4.87 Å². The summed E-state index contributed by atoms with van der Waals surface area (Å²) >= 11 is 1.06. The van der Waals surface area contributed by atoms with Crippen molar-refractivity contribution >= 4 is 17.3 Å². The van der Waals surface area contributed by atoms with E-state index in [9.17, 15) is 14.7 Å². The Hall–Kier alpha value is -1.92. The number of nitrogens with one attached hydrogen (secondary N) is 2. The van der Waals surface area contributed by atoms with Gasteiger partial charge in [0.25, 0.3) is 0 Å². The molecule has 0 aliphatic rings. The van der Waals surface area contributed by atoms with Gasteiger partial charge in [-0.3, -0.25) is 14.9 Å². The number of carbonyl (C=O) groups is 1. The van der Waals surface area contributed by atoms with Crippen LogP contribution < -0.4 is 10.2 Å². The predicted octanol–water partition coefficient (Wildman–Crippen LogP) is 1.35. The molecule has 0 amide bonds. The second-order valence-electron chi connectivity index (χ2n) is 3.74. The predicted molar refractivity (Wildman–Crippen MR) is 68.6 cm³/mol. The maximum atomic E-state index is 11.2. The Balaban J connectivity index is 2.08. The first-order chi connectivity index (χ1) is 8.66. The standard InChI is InChI=1S/C12H12N2O3S/c15-11(16)10(8-4-2-1-3-5-8)13-6-9-7-18-12(17)14-9/h1-5,7,10,13H,6H2,(H,14,17)(H,15,16). The molecular formula is C12H12N2O3S. The zero-order valence-electron chi connectivity index (χ0n) is 9.42. The normalized spacial score (nSPS) is 12.2. The van der Waals surface area contributed by atoms with Gasteiger partial charge in [0, 0.05) is 17.6 Å². The Kier molecular flexibility index (Phi) is 3.91. The summed E-state index contributed by atoms with van der Waals surface area (Å²) in [6.45, 7) is 0.310. The molecule has 2 rings (SSSR count). The van der Waals surface area contributed by atoms with Gasteiger partial charge in [0.2, 0.25) is 0 Å². The number of aromatic amines is 1. The molecule has 2 aromatic rings. The molecule has 5 nitrogen and oxygen atoms in total. The van der Waals surface area contributed by atoms with Crippen LogP contribution in [-0.4, -0.2) is 16.1 Å². The summed E-state index contributed by atoms with van der Waals surface area (Å²) in [6, 6.07) is 8.14. The fraction of sp³-hybridized carbons (Fsp3) is 0.167. The molecule has 0 saturated carbocycles. The molecule has 0 fully saturated rings. The van der Waals surface area contributed by atoms with Crippen LogP contribution in [0, 0.1) is 0 Å². The summed E-state index contributed by atoms with van der Waals surface area (Å²) in [5.74, 6) is -0.946. The largest absolute Gasteiger partial charge is 0.480 e. The highest BCUT2D eigenvalue weighted by molar-refractivity contribution is 7.07. The van der Waals surface area contributed by atoms with Gasteiger partial charge in [-0.1, -0.05) is 41.7 Å². The highest BCUT2D eigenvalue weighted by atomic mass is 32.1. The summed E-state index contributed by atoms with van der Waals surface area (Å²) in [5, 5.41) is 13.8. The van der Waals surface area contributed by atoms with Gasteiger partial charge in [-0.15, -0.1) is 0 Å². The van der Waals surface area contributed by atoms with Crippen LogP contribution in [0.25, 0.3) is 0 Å². The summed E-state index contributed by atoms with van der Waals surface area (Å²) in [6.07, 6.45) is 0. The summed E-state index contributed by atoms with van der Waals surface area (Å²) in [7, 11) is 0. The van der Waals surface area contributed by atoms with Crippen molar-refractivity contribution in [2.75, 3.05) is 0 Å². The number of carboxylic acid groups (broad SMARTS) is 1. The molecule has 6 heteroatoms. The zero-order chi connectivity index (χ0) is 13.0. The van der Waals surface area contributed by atoms with Crippen LogP contribution in [-0.2, 0) is 11.3 Å². The van der Waals surface area contributed by atoms with Crippen LogP contribution in [0.2, 0.25) is 0 Å². The van der Waals surface area contributed by atoms with Crippen LogP contribution in [0.4, 0.5) is 0 Å². The molecule has 0 aliphatic heterocycles. The van der Waals surface area contributed by atoms with Gasteiger partial charge in [-0.25, -0.2) is 0 Å². The van der Waals surface area contributed by atoms with E-state index in [2.05, 4.69) is 10.3 Å². The van der Waals surface area contributed by atoms with Crippen molar-refractivity contribution in [3.05, 3.63) is 56.6 Å². The Morgan fingerprint density at radius 2 is 2.11 bits per heavy atom. The van der Waals surface area contributed by atoms with Gasteiger partial charge in [0.15, 0.2) is 0 Å². The van der Waals surface area contributed by atoms with Crippen molar-refractivity contribution in [2.45, 2.75) is 12.6 Å². The zero-order valence-corrected chi connectivity index (χ0v) is 10.2. The quantitative estimate of drug-likeness (QED) is 0.761. The number of benzene rings is 1. The summed E-state index contributed by atoms with van der Waals surface area (Å²) in [4.78, 5) is 24.6. The third kappa shape index (κ3) is 3.06. The second-order valence-corrected chi connectivity index (χ2v) is 4.58. The van der Waals surface area contributed by atoms with Gasteiger partial charge < -0.3 is 10.1 Å². The van der Waals surface area contributed by atoms with E-state index in [1.54, 1.807) is 29.6 Å². The lowest BCUT2D eigenvalue weighted by molar-refractivity contribution is -0.139. The van der Waals surface area contributed by atoms with Crippen molar-refractivity contribution in [1.82, 2.24) is 10.3 Å². The van der Waals surface area contributed by atoms with E-state index in [0.717, 1.165) is 11.3 Å². The Bertz CT molecular complexity index is 576. The lowest BCUT2D eigenvalue weighted by atomic mass is 10.1. The van der Waals surface area contributed by atoms with E-state index < -0.39 is 12.0 Å². The summed E-state index contributed by atoms with van der Waals surface area (Å²) in [5.41, 5.74) is 1.37. The van der Waals surface area contributed by atoms with Crippen LogP contribution >= 0.6 is 11.3 Å². The minimum atomic E-state index is -0.946. The molecule has 1 aromatic carbocycles. The Labute approximate surface area is 107 Å². The van der Waals surface area contributed by atoms with Crippen molar-refractivity contribution < 1.29 is 9.90 Å². The Morgan fingerprint density at radius 1 is 1.39 bits per heavy atom. The number of rotatable bonds is 5. The molecule has 1 unspecified atom stereocenters. The van der Waals surface area contributed by atoms with Crippen molar-refractivity contribution in [3.8, 4) is 0 Å². The van der Waals surface area contributed by atoms with Crippen LogP contribution in [0.1, 0.15) is 17.3 Å². The number of carboxylic acids is 1. The molecule has 1 heterocycles. The van der Waals surface area contributed by atoms with Gasteiger partial charge in [0.1, 0.15) is 6.04 Å². The third-order valence-corrected chi connectivity index (χ3v) is 3.17. The molecule has 0 bridgehead atoms. The number of aromatic nitrogens is 1. The topological polar surface area (TPSA) is 82.2 Å². The highest BCUT2D eigenvalue weighted by Gasteiger charge is 2.18. The minimum Gasteiger partial charge on any atom is -0.480 e. The van der Waals surface area contributed by atoms with Gasteiger partial charge in [0.05, 0.1) is 0 Å². The molecule has 0 spiro atoms. The fourth-order valence-corrected chi connectivity index (χ4v) is 2.19. The average molecular weight is 264 g/mol. The van der Waals surface area contributed by atoms with E-state index in [1.165, 1.54) is 0 Å². The van der Waals surface area contributed by atoms with Crippen molar-refractivity contribution in [3.63, 3.8) is 0 Å². The molecule has 0 aliphatic carbocycles. The average Bonchev–Trinajstić information content (AvgIpc) is 2.76. The first-order valence-corrected chi connectivity index (χ1v) is 6.22. The molecule has 3 N–H and O–H groups in total. The van der Waals surface area contributed by atoms with Crippen molar-refractivity contribution in [2.24, 2.45) is 0 Å². The molecule has 1 atom stereocenters. The molecule has 1 aromatic heterocycles. The number of thiazole rings is 1. The lowest BCUT2D eigenvalue weighted by Gasteiger charge is -2.13. The molecule has 0 radical (unpaired) electrons. The van der Waals surface area contributed by atoms with E-state index >= 15 is 0 Å². The van der Waals surface area contributed by atoms with Crippen LogP contribution in [0.5, 0.6) is 0 Å². The monoisotopic (exact) mass is 264 g/mol. The molecule has 0 saturated heterocycles. The van der Waals surface area contributed by atoms with E-state index in [1.807, 2.05) is 6.07 Å². The van der Waals surface area contributed by atoms with E-state index in [4.69, 9.17) is 0 Å². The number of hydrogen-bond donors (Lipinski definition) is 3. The molecular weight excluding hydrogens is 252 g/mol. The van der Waals surface area contributed by atoms with Gasteiger partial charge in [-0.05, 0) is 5.56 Å². The fourth-order valence-electron chi connectivity index (χ4n) is 1.61. The maximum Gasteiger partial charge on any atom is 0.325 e. The minimum absolute atomic E-state index is 0.140. The Morgan fingerprint density at radius 3 is 2.67 bits per heavy atom. The second kappa shape index (κ2) is 5.61. The first-order valence-electron chi connectivity index (χ1n) is 5.34. The third-order valence-electron chi connectivity index (χ3n) is 2.45. The number of H-pyrrole nitrogens is 1. The maximum absolute atomic E-state index is 11.2. The molecule has 18 heavy (non-hydrogen) atoms. The SMILES string of the molecule is O=C(O)C(NCc1csc(=O)[nH]1)c1ccccc1. The van der Waals surface area contributed by atoms with Crippen LogP contribution in [0.3, 0.4) is 0 Å². The highest BCUT2D eigenvalue weighted by Crippen LogP contribution is 2.13. The lowest BCUT2D eigenvalue weighted by Crippen LogP contribution is -2.28. The molecule has 94 valence electrons. The number of hydrogen-bond acceptors (Lipinski definition) is 4. The number of aliphatic carboxylic acids is 1. The smallest absolute Gasteiger partial charge is 0.325 e. The first kappa shape index (κ1) is 12.5. The van der Waals surface area contributed by atoms with Gasteiger partial charge >= 0.3 is 10.8 Å². The van der Waals surface area contributed by atoms with E-state index in [0.29, 0.717) is 17.8 Å².